The Morgan fingerprint density at radius 2 is 2.21 bits per heavy atom. The van der Waals surface area contributed by atoms with Crippen molar-refractivity contribution in [3.05, 3.63) is 50.4 Å². The number of hydrogen-bond donors (Lipinski definition) is 3. The van der Waals surface area contributed by atoms with Crippen LogP contribution in [0.15, 0.2) is 27.9 Å². The monoisotopic (exact) mass is 261 g/mol. The minimum absolute atomic E-state index is 0.0994. The Morgan fingerprint density at radius 3 is 2.89 bits per heavy atom. The third-order valence-electron chi connectivity index (χ3n) is 2.92. The minimum atomic E-state index is -0.540. The SMILES string of the molecule is Cc1cccnc1CNc1c(N)n(C)c(=O)[nH]c1=O. The second kappa shape index (κ2) is 4.97. The van der Waals surface area contributed by atoms with E-state index >= 15 is 0 Å². The molecule has 2 aromatic rings. The number of aromatic amines is 1. The van der Waals surface area contributed by atoms with Crippen molar-refractivity contribution >= 4 is 11.5 Å². The molecule has 0 amide bonds. The molecular formula is C12H15N5O2. The average Bonchev–Trinajstić information content (AvgIpc) is 2.38. The Labute approximate surface area is 109 Å². The van der Waals surface area contributed by atoms with Crippen molar-refractivity contribution in [2.75, 3.05) is 11.1 Å². The van der Waals surface area contributed by atoms with E-state index in [1.54, 1.807) is 6.20 Å². The van der Waals surface area contributed by atoms with E-state index in [-0.39, 0.29) is 11.5 Å². The van der Waals surface area contributed by atoms with Crippen LogP contribution in [0, 0.1) is 6.92 Å². The number of pyridine rings is 1. The summed E-state index contributed by atoms with van der Waals surface area (Å²) in [6, 6.07) is 3.77. The zero-order valence-electron chi connectivity index (χ0n) is 10.7. The lowest BCUT2D eigenvalue weighted by atomic mass is 10.2. The van der Waals surface area contributed by atoms with Crippen molar-refractivity contribution in [3.63, 3.8) is 0 Å². The largest absolute Gasteiger partial charge is 0.383 e. The number of nitrogen functional groups attached to an aromatic ring is 1. The zero-order chi connectivity index (χ0) is 14.0. The maximum atomic E-state index is 11.7. The predicted molar refractivity (Wildman–Crippen MR) is 73.0 cm³/mol. The van der Waals surface area contributed by atoms with Gasteiger partial charge in [0.2, 0.25) is 0 Å². The molecule has 100 valence electrons. The predicted octanol–water partition coefficient (Wildman–Crippen LogP) is -0.0287. The number of rotatable bonds is 3. The number of aromatic nitrogens is 3. The fourth-order valence-electron chi connectivity index (χ4n) is 1.68. The highest BCUT2D eigenvalue weighted by Gasteiger charge is 2.10. The van der Waals surface area contributed by atoms with Crippen LogP contribution < -0.4 is 22.3 Å². The zero-order valence-corrected chi connectivity index (χ0v) is 10.7. The second-order valence-electron chi connectivity index (χ2n) is 4.20. The molecule has 0 aliphatic rings. The van der Waals surface area contributed by atoms with Crippen LogP contribution in [0.4, 0.5) is 11.5 Å². The first kappa shape index (κ1) is 12.9. The smallest absolute Gasteiger partial charge is 0.329 e. The number of nitrogens with zero attached hydrogens (tertiary/aromatic N) is 2. The van der Waals surface area contributed by atoms with Gasteiger partial charge in [0.1, 0.15) is 11.5 Å². The molecule has 0 atom stereocenters. The van der Waals surface area contributed by atoms with Crippen LogP contribution in [0.3, 0.4) is 0 Å². The second-order valence-corrected chi connectivity index (χ2v) is 4.20. The molecule has 0 spiro atoms. The maximum absolute atomic E-state index is 11.7. The molecule has 0 aliphatic carbocycles. The van der Waals surface area contributed by atoms with E-state index < -0.39 is 11.2 Å². The van der Waals surface area contributed by atoms with Gasteiger partial charge in [-0.1, -0.05) is 6.07 Å². The lowest BCUT2D eigenvalue weighted by Gasteiger charge is -2.11. The van der Waals surface area contributed by atoms with Gasteiger partial charge >= 0.3 is 5.69 Å². The number of nitrogens with two attached hydrogens (primary N) is 1. The van der Waals surface area contributed by atoms with Gasteiger partial charge in [-0.3, -0.25) is 19.3 Å². The maximum Gasteiger partial charge on any atom is 0.329 e. The van der Waals surface area contributed by atoms with E-state index in [2.05, 4.69) is 15.3 Å². The lowest BCUT2D eigenvalue weighted by molar-refractivity contribution is 0.811. The molecule has 19 heavy (non-hydrogen) atoms. The Hall–Kier alpha value is -2.57. The van der Waals surface area contributed by atoms with E-state index in [1.165, 1.54) is 11.6 Å². The Bertz CT molecular complexity index is 717. The van der Waals surface area contributed by atoms with E-state index in [1.807, 2.05) is 19.1 Å². The van der Waals surface area contributed by atoms with Crippen molar-refractivity contribution in [1.82, 2.24) is 14.5 Å². The highest BCUT2D eigenvalue weighted by atomic mass is 16.2. The number of nitrogens with one attached hydrogen (secondary N) is 2. The van der Waals surface area contributed by atoms with E-state index in [4.69, 9.17) is 5.73 Å². The quantitative estimate of drug-likeness (QED) is 0.719. The molecule has 0 aliphatic heterocycles. The normalized spacial score (nSPS) is 10.4. The molecule has 2 aromatic heterocycles. The van der Waals surface area contributed by atoms with Crippen molar-refractivity contribution in [2.45, 2.75) is 13.5 Å². The summed E-state index contributed by atoms with van der Waals surface area (Å²) >= 11 is 0. The fourth-order valence-corrected chi connectivity index (χ4v) is 1.68. The summed E-state index contributed by atoms with van der Waals surface area (Å²) in [5, 5.41) is 2.92. The first-order valence-corrected chi connectivity index (χ1v) is 5.74. The Balaban J connectivity index is 2.31. The van der Waals surface area contributed by atoms with Crippen LogP contribution >= 0.6 is 0 Å². The molecule has 0 saturated heterocycles. The molecule has 7 nitrogen and oxygen atoms in total. The fraction of sp³-hybridized carbons (Fsp3) is 0.250. The van der Waals surface area contributed by atoms with Gasteiger partial charge in [-0.15, -0.1) is 0 Å². The van der Waals surface area contributed by atoms with Crippen LogP contribution in [-0.2, 0) is 13.6 Å². The van der Waals surface area contributed by atoms with Crippen molar-refractivity contribution in [2.24, 2.45) is 7.05 Å². The summed E-state index contributed by atoms with van der Waals surface area (Å²) < 4.78 is 1.18. The van der Waals surface area contributed by atoms with E-state index in [0.717, 1.165) is 11.3 Å². The van der Waals surface area contributed by atoms with Crippen molar-refractivity contribution < 1.29 is 0 Å². The van der Waals surface area contributed by atoms with Gasteiger partial charge in [-0.05, 0) is 18.6 Å². The highest BCUT2D eigenvalue weighted by molar-refractivity contribution is 5.60. The van der Waals surface area contributed by atoms with Crippen LogP contribution in [-0.4, -0.2) is 14.5 Å². The van der Waals surface area contributed by atoms with Crippen LogP contribution in [0.25, 0.3) is 0 Å². The highest BCUT2D eigenvalue weighted by Crippen LogP contribution is 2.11. The summed E-state index contributed by atoms with van der Waals surface area (Å²) in [5.74, 6) is 0.0994. The molecule has 2 rings (SSSR count). The summed E-state index contributed by atoms with van der Waals surface area (Å²) in [4.78, 5) is 29.4. The third-order valence-corrected chi connectivity index (χ3v) is 2.92. The molecule has 2 heterocycles. The number of H-pyrrole nitrogens is 1. The van der Waals surface area contributed by atoms with Gasteiger partial charge in [0.05, 0.1) is 12.2 Å². The van der Waals surface area contributed by atoms with E-state index in [0.29, 0.717) is 6.54 Å². The van der Waals surface area contributed by atoms with Gasteiger partial charge in [0.15, 0.2) is 0 Å². The Kier molecular flexibility index (Phi) is 3.37. The summed E-state index contributed by atoms with van der Waals surface area (Å²) in [7, 11) is 1.49. The lowest BCUT2D eigenvalue weighted by Crippen LogP contribution is -2.32. The van der Waals surface area contributed by atoms with Crippen LogP contribution in [0.2, 0.25) is 0 Å². The summed E-state index contributed by atoms with van der Waals surface area (Å²) in [6.07, 6.45) is 1.68. The molecule has 0 fully saturated rings. The molecular weight excluding hydrogens is 246 g/mol. The number of aryl methyl sites for hydroxylation is 1. The molecule has 0 aromatic carbocycles. The topological polar surface area (TPSA) is 106 Å². The Morgan fingerprint density at radius 1 is 1.47 bits per heavy atom. The first-order chi connectivity index (χ1) is 9.00. The van der Waals surface area contributed by atoms with Gasteiger partial charge < -0.3 is 11.1 Å². The molecule has 0 unspecified atom stereocenters. The van der Waals surface area contributed by atoms with Gasteiger partial charge in [0, 0.05) is 13.2 Å². The molecule has 4 N–H and O–H groups in total. The standard InChI is InChI=1S/C12H15N5O2/c1-7-4-3-5-14-8(7)6-15-9-10(13)17(2)12(19)16-11(9)18/h3-5,15H,6,13H2,1-2H3,(H,16,18,19). The van der Waals surface area contributed by atoms with E-state index in [9.17, 15) is 9.59 Å². The summed E-state index contributed by atoms with van der Waals surface area (Å²) in [5.41, 5.74) is 6.67. The first-order valence-electron chi connectivity index (χ1n) is 5.74. The molecule has 0 radical (unpaired) electrons. The third kappa shape index (κ3) is 2.49. The van der Waals surface area contributed by atoms with Crippen LogP contribution in [0.1, 0.15) is 11.3 Å². The average molecular weight is 261 g/mol. The van der Waals surface area contributed by atoms with Gasteiger partial charge in [-0.25, -0.2) is 4.79 Å². The molecule has 0 bridgehead atoms. The van der Waals surface area contributed by atoms with Gasteiger partial charge in [0.25, 0.3) is 5.56 Å². The summed E-state index contributed by atoms with van der Waals surface area (Å²) in [6.45, 7) is 2.29. The molecule has 0 saturated carbocycles. The van der Waals surface area contributed by atoms with Crippen molar-refractivity contribution in [1.29, 1.82) is 0 Å². The number of hydrogen-bond acceptors (Lipinski definition) is 5. The molecule has 7 heteroatoms. The van der Waals surface area contributed by atoms with Gasteiger partial charge in [-0.2, -0.15) is 0 Å². The number of anilines is 2. The van der Waals surface area contributed by atoms with Crippen LogP contribution in [0.5, 0.6) is 0 Å². The minimum Gasteiger partial charge on any atom is -0.383 e. The van der Waals surface area contributed by atoms with Crippen molar-refractivity contribution in [3.8, 4) is 0 Å².